The van der Waals surface area contributed by atoms with E-state index in [1.54, 1.807) is 10.7 Å². The number of benzene rings is 3. The minimum Gasteiger partial charge on any atom is -0.376 e. The molecule has 0 aliphatic carbocycles. The van der Waals surface area contributed by atoms with Crippen LogP contribution in [0.25, 0.3) is 16.9 Å². The van der Waals surface area contributed by atoms with Crippen molar-refractivity contribution in [3.63, 3.8) is 0 Å². The van der Waals surface area contributed by atoms with Gasteiger partial charge in [-0.25, -0.2) is 9.07 Å². The molecule has 7 nitrogen and oxygen atoms in total. The normalized spacial score (nSPS) is 18.7. The van der Waals surface area contributed by atoms with Crippen molar-refractivity contribution in [2.45, 2.75) is 31.1 Å². The van der Waals surface area contributed by atoms with E-state index in [4.69, 9.17) is 9.84 Å². The molecular weight excluding hydrogens is 539 g/mol. The van der Waals surface area contributed by atoms with E-state index >= 15 is 0 Å². The first kappa shape index (κ1) is 27.2. The molecule has 0 radical (unpaired) electrons. The molecule has 6 rings (SSSR count). The van der Waals surface area contributed by atoms with Crippen LogP contribution in [0.1, 0.15) is 34.8 Å². The maximum absolute atomic E-state index is 14.5. The molecule has 1 saturated heterocycles. The standard InChI is InChI=1S/C32H31FN4O3S/c1-21-8-5-13-25(16-21)37-32-29(30(35-37)22-9-3-2-4-10-22)31(23-11-6-12-24(33)17-23)41-20-28(39)36(32)19-27(38)34-18-26-14-7-15-40-26/h2-6,8-13,16-17,26,31H,7,14-15,18-20H2,1H3,(H,34,38)/t26-,31-/m1/s1. The number of hydrogen-bond acceptors (Lipinski definition) is 5. The number of nitrogens with zero attached hydrogens (tertiary/aromatic N) is 3. The number of anilines is 1. The average Bonchev–Trinajstić information content (AvgIpc) is 3.61. The number of aromatic nitrogens is 2. The van der Waals surface area contributed by atoms with Crippen LogP contribution >= 0.6 is 11.8 Å². The van der Waals surface area contributed by atoms with Crippen LogP contribution in [0.2, 0.25) is 0 Å². The summed E-state index contributed by atoms with van der Waals surface area (Å²) in [6.45, 7) is 2.93. The number of halogens is 1. The largest absolute Gasteiger partial charge is 0.376 e. The highest BCUT2D eigenvalue weighted by molar-refractivity contribution is 8.00. The van der Waals surface area contributed by atoms with Gasteiger partial charge in [0.25, 0.3) is 0 Å². The van der Waals surface area contributed by atoms with Crippen molar-refractivity contribution in [1.29, 1.82) is 0 Å². The summed E-state index contributed by atoms with van der Waals surface area (Å²) in [7, 11) is 0. The molecular formula is C32H31FN4O3S. The van der Waals surface area contributed by atoms with Gasteiger partial charge in [0.1, 0.15) is 18.2 Å². The summed E-state index contributed by atoms with van der Waals surface area (Å²) in [6.07, 6.45) is 1.87. The smallest absolute Gasteiger partial charge is 0.240 e. The predicted molar refractivity (Wildman–Crippen MR) is 159 cm³/mol. The molecule has 9 heteroatoms. The van der Waals surface area contributed by atoms with Gasteiger partial charge in [-0.3, -0.25) is 14.5 Å². The third kappa shape index (κ3) is 5.78. The van der Waals surface area contributed by atoms with Gasteiger partial charge in [-0.05, 0) is 55.2 Å². The fourth-order valence-electron chi connectivity index (χ4n) is 5.43. The Balaban J connectivity index is 1.52. The minimum absolute atomic E-state index is 0.00948. The second-order valence-corrected chi connectivity index (χ2v) is 11.5. The summed E-state index contributed by atoms with van der Waals surface area (Å²) in [4.78, 5) is 28.6. The van der Waals surface area contributed by atoms with Gasteiger partial charge < -0.3 is 10.1 Å². The summed E-state index contributed by atoms with van der Waals surface area (Å²) in [5, 5.41) is 7.64. The van der Waals surface area contributed by atoms with Crippen LogP contribution in [0, 0.1) is 12.7 Å². The molecule has 2 atom stereocenters. The van der Waals surface area contributed by atoms with Crippen LogP contribution in [0.4, 0.5) is 10.2 Å². The molecule has 0 bridgehead atoms. The Bertz CT molecular complexity index is 1570. The third-order valence-corrected chi connectivity index (χ3v) is 8.64. The van der Waals surface area contributed by atoms with Crippen molar-refractivity contribution < 1.29 is 18.7 Å². The second-order valence-electron chi connectivity index (χ2n) is 10.4. The van der Waals surface area contributed by atoms with E-state index in [1.807, 2.05) is 67.6 Å². The maximum atomic E-state index is 14.5. The number of ether oxygens (including phenoxy) is 1. The average molecular weight is 571 g/mol. The van der Waals surface area contributed by atoms with E-state index < -0.39 is 5.25 Å². The van der Waals surface area contributed by atoms with E-state index in [0.29, 0.717) is 24.7 Å². The lowest BCUT2D eigenvalue weighted by Gasteiger charge is -2.23. The number of aryl methyl sites for hydroxylation is 1. The highest BCUT2D eigenvalue weighted by atomic mass is 32.2. The van der Waals surface area contributed by atoms with Crippen molar-refractivity contribution in [3.8, 4) is 16.9 Å². The second kappa shape index (κ2) is 11.9. The van der Waals surface area contributed by atoms with Crippen molar-refractivity contribution in [2.75, 3.05) is 30.3 Å². The molecule has 0 spiro atoms. The summed E-state index contributed by atoms with van der Waals surface area (Å²) in [5.74, 6) is -0.191. The fourth-order valence-corrected chi connectivity index (χ4v) is 6.62. The van der Waals surface area contributed by atoms with Crippen LogP contribution in [0.3, 0.4) is 0 Å². The highest BCUT2D eigenvalue weighted by Gasteiger charge is 2.38. The van der Waals surface area contributed by atoms with Gasteiger partial charge in [0.2, 0.25) is 11.8 Å². The molecule has 4 aromatic rings. The third-order valence-electron chi connectivity index (χ3n) is 7.39. The number of fused-ring (bicyclic) bond motifs is 1. The Labute approximate surface area is 242 Å². The predicted octanol–water partition coefficient (Wildman–Crippen LogP) is 5.45. The lowest BCUT2D eigenvalue weighted by atomic mass is 9.99. The molecule has 41 heavy (non-hydrogen) atoms. The van der Waals surface area contributed by atoms with Gasteiger partial charge in [0.05, 0.1) is 28.5 Å². The summed E-state index contributed by atoms with van der Waals surface area (Å²) in [5.41, 5.74) is 4.86. The highest BCUT2D eigenvalue weighted by Crippen LogP contribution is 2.48. The van der Waals surface area contributed by atoms with Crippen molar-refractivity contribution in [2.24, 2.45) is 0 Å². The molecule has 3 heterocycles. The Morgan fingerprint density at radius 3 is 2.68 bits per heavy atom. The van der Waals surface area contributed by atoms with Gasteiger partial charge >= 0.3 is 0 Å². The molecule has 2 aliphatic heterocycles. The zero-order chi connectivity index (χ0) is 28.3. The zero-order valence-corrected chi connectivity index (χ0v) is 23.6. The maximum Gasteiger partial charge on any atom is 0.240 e. The van der Waals surface area contributed by atoms with Crippen molar-refractivity contribution >= 4 is 29.4 Å². The lowest BCUT2D eigenvalue weighted by Crippen LogP contribution is -2.44. The zero-order valence-electron chi connectivity index (χ0n) is 22.8. The molecule has 1 aromatic heterocycles. The van der Waals surface area contributed by atoms with E-state index in [0.717, 1.165) is 40.8 Å². The van der Waals surface area contributed by atoms with E-state index in [2.05, 4.69) is 5.32 Å². The monoisotopic (exact) mass is 570 g/mol. The summed E-state index contributed by atoms with van der Waals surface area (Å²) >= 11 is 1.42. The molecule has 3 aromatic carbocycles. The van der Waals surface area contributed by atoms with Crippen LogP contribution < -0.4 is 10.2 Å². The first-order chi connectivity index (χ1) is 20.0. The number of rotatable bonds is 7. The minimum atomic E-state index is -0.390. The Kier molecular flexibility index (Phi) is 7.89. The van der Waals surface area contributed by atoms with Crippen molar-refractivity contribution in [1.82, 2.24) is 15.1 Å². The Hall–Kier alpha value is -3.95. The SMILES string of the molecule is Cc1cccc(-n2nc(-c3ccccc3)c3c2N(CC(=O)NC[C@H]2CCCO2)C(=O)CS[C@@H]3c2cccc(F)c2)c1. The van der Waals surface area contributed by atoms with Gasteiger partial charge in [0.15, 0.2) is 0 Å². The lowest BCUT2D eigenvalue weighted by molar-refractivity contribution is -0.123. The quantitative estimate of drug-likeness (QED) is 0.320. The van der Waals surface area contributed by atoms with Gasteiger partial charge in [-0.2, -0.15) is 5.10 Å². The summed E-state index contributed by atoms with van der Waals surface area (Å²) in [6, 6.07) is 24.1. The van der Waals surface area contributed by atoms with Crippen LogP contribution in [0.15, 0.2) is 78.9 Å². The fraction of sp³-hybridized carbons (Fsp3) is 0.281. The Morgan fingerprint density at radius 1 is 1.10 bits per heavy atom. The first-order valence-corrected chi connectivity index (χ1v) is 14.8. The number of carbonyl (C=O) groups excluding carboxylic acids is 2. The van der Waals surface area contributed by atoms with Gasteiger partial charge in [-0.1, -0.05) is 54.6 Å². The number of hydrogen-bond donors (Lipinski definition) is 1. The van der Waals surface area contributed by atoms with Gasteiger partial charge in [0, 0.05) is 24.3 Å². The number of amides is 2. The van der Waals surface area contributed by atoms with Crippen LogP contribution in [-0.2, 0) is 14.3 Å². The van der Waals surface area contributed by atoms with Crippen LogP contribution in [0.5, 0.6) is 0 Å². The molecule has 2 aliphatic rings. The Morgan fingerprint density at radius 2 is 1.93 bits per heavy atom. The first-order valence-electron chi connectivity index (χ1n) is 13.8. The number of nitrogens with one attached hydrogen (secondary N) is 1. The molecule has 2 amide bonds. The van der Waals surface area contributed by atoms with Crippen molar-refractivity contribution in [3.05, 3.63) is 101 Å². The molecule has 0 unspecified atom stereocenters. The van der Waals surface area contributed by atoms with Crippen LogP contribution in [-0.4, -0.2) is 53.1 Å². The number of carbonyl (C=O) groups is 2. The molecule has 1 N–H and O–H groups in total. The van der Waals surface area contributed by atoms with E-state index in [1.165, 1.54) is 28.8 Å². The number of thioether (sulfide) groups is 1. The molecule has 0 saturated carbocycles. The van der Waals surface area contributed by atoms with Gasteiger partial charge in [-0.15, -0.1) is 11.8 Å². The molecule has 1 fully saturated rings. The topological polar surface area (TPSA) is 76.5 Å². The van der Waals surface area contributed by atoms with E-state index in [-0.39, 0.29) is 36.0 Å². The van der Waals surface area contributed by atoms with E-state index in [9.17, 15) is 14.0 Å². The summed E-state index contributed by atoms with van der Waals surface area (Å²) < 4.78 is 21.9. The molecule has 210 valence electrons.